The largest absolute Gasteiger partial charge is 0.493 e. The van der Waals surface area contributed by atoms with Crippen LogP contribution in [0.25, 0.3) is 0 Å². The summed E-state index contributed by atoms with van der Waals surface area (Å²) in [6.07, 6.45) is 1.56. The second kappa shape index (κ2) is 10.4. The van der Waals surface area contributed by atoms with E-state index in [2.05, 4.69) is 26.5 Å². The van der Waals surface area contributed by atoms with E-state index in [1.807, 2.05) is 67.6 Å². The van der Waals surface area contributed by atoms with Crippen molar-refractivity contribution < 1.29 is 14.3 Å². The fourth-order valence-corrected chi connectivity index (χ4v) is 3.00. The summed E-state index contributed by atoms with van der Waals surface area (Å²) in [6.45, 7) is 2.84. The second-order valence-electron chi connectivity index (χ2n) is 6.08. The fraction of sp³-hybridized carbons (Fsp3) is 0.130. The van der Waals surface area contributed by atoms with E-state index in [9.17, 15) is 4.79 Å². The quantitative estimate of drug-likeness (QED) is 0.377. The molecule has 29 heavy (non-hydrogen) atoms. The SMILES string of the molecule is CCOc1ccccc1/C=N/NC(=O)c1cc(Br)ccc1OCc1ccccc1. The van der Waals surface area contributed by atoms with Crippen LogP contribution >= 0.6 is 15.9 Å². The average Bonchev–Trinajstić information content (AvgIpc) is 2.75. The van der Waals surface area contributed by atoms with Crippen LogP contribution in [0, 0.1) is 0 Å². The molecule has 0 spiro atoms. The molecule has 1 N–H and O–H groups in total. The summed E-state index contributed by atoms with van der Waals surface area (Å²) >= 11 is 3.40. The average molecular weight is 453 g/mol. The van der Waals surface area contributed by atoms with Crippen molar-refractivity contribution in [1.82, 2.24) is 5.43 Å². The number of ether oxygens (including phenoxy) is 2. The highest BCUT2D eigenvalue weighted by molar-refractivity contribution is 9.10. The van der Waals surface area contributed by atoms with Gasteiger partial charge in [0.25, 0.3) is 5.91 Å². The molecule has 0 aliphatic heterocycles. The molecule has 1 amide bonds. The van der Waals surface area contributed by atoms with Gasteiger partial charge in [-0.15, -0.1) is 0 Å². The lowest BCUT2D eigenvalue weighted by Gasteiger charge is -2.11. The first kappa shape index (κ1) is 20.6. The lowest BCUT2D eigenvalue weighted by molar-refractivity contribution is 0.0950. The molecule has 0 saturated carbocycles. The number of hydrogen-bond acceptors (Lipinski definition) is 4. The molecule has 0 unspecified atom stereocenters. The van der Waals surface area contributed by atoms with Crippen molar-refractivity contribution >= 4 is 28.1 Å². The topological polar surface area (TPSA) is 59.9 Å². The first-order valence-electron chi connectivity index (χ1n) is 9.19. The highest BCUT2D eigenvalue weighted by Crippen LogP contribution is 2.24. The Bertz CT molecular complexity index is 990. The van der Waals surface area contributed by atoms with Crippen molar-refractivity contribution in [1.29, 1.82) is 0 Å². The molecule has 0 aliphatic carbocycles. The predicted molar refractivity (Wildman–Crippen MR) is 118 cm³/mol. The number of hydrogen-bond donors (Lipinski definition) is 1. The minimum Gasteiger partial charge on any atom is -0.493 e. The van der Waals surface area contributed by atoms with Gasteiger partial charge in [0.05, 0.1) is 18.4 Å². The number of rotatable bonds is 8. The Labute approximate surface area is 178 Å². The minimum absolute atomic E-state index is 0.362. The van der Waals surface area contributed by atoms with Crippen LogP contribution in [-0.2, 0) is 6.61 Å². The van der Waals surface area contributed by atoms with Gasteiger partial charge in [0.2, 0.25) is 0 Å². The number of halogens is 1. The molecule has 3 rings (SSSR count). The van der Waals surface area contributed by atoms with E-state index in [-0.39, 0.29) is 5.91 Å². The number of para-hydroxylation sites is 1. The van der Waals surface area contributed by atoms with Crippen LogP contribution in [0.3, 0.4) is 0 Å². The van der Waals surface area contributed by atoms with E-state index >= 15 is 0 Å². The summed E-state index contributed by atoms with van der Waals surface area (Å²) in [6, 6.07) is 22.6. The van der Waals surface area contributed by atoms with Crippen LogP contribution in [0.15, 0.2) is 82.4 Å². The lowest BCUT2D eigenvalue weighted by atomic mass is 10.2. The molecule has 0 heterocycles. The van der Waals surface area contributed by atoms with Gasteiger partial charge < -0.3 is 9.47 Å². The maximum absolute atomic E-state index is 12.7. The summed E-state index contributed by atoms with van der Waals surface area (Å²) < 4.78 is 12.2. The summed E-state index contributed by atoms with van der Waals surface area (Å²) in [5.74, 6) is 0.835. The van der Waals surface area contributed by atoms with Crippen molar-refractivity contribution in [2.45, 2.75) is 13.5 Å². The molecule has 3 aromatic rings. The van der Waals surface area contributed by atoms with Crippen molar-refractivity contribution in [2.75, 3.05) is 6.61 Å². The molecule has 0 aromatic heterocycles. The number of carbonyl (C=O) groups is 1. The van der Waals surface area contributed by atoms with Crippen molar-refractivity contribution in [2.24, 2.45) is 5.10 Å². The smallest absolute Gasteiger partial charge is 0.275 e. The van der Waals surface area contributed by atoms with Crippen molar-refractivity contribution in [3.8, 4) is 11.5 Å². The maximum atomic E-state index is 12.7. The third kappa shape index (κ3) is 5.93. The van der Waals surface area contributed by atoms with E-state index in [1.165, 1.54) is 0 Å². The van der Waals surface area contributed by atoms with E-state index < -0.39 is 0 Å². The normalized spacial score (nSPS) is 10.7. The molecule has 6 heteroatoms. The molecule has 0 atom stereocenters. The zero-order valence-corrected chi connectivity index (χ0v) is 17.6. The van der Waals surface area contributed by atoms with Gasteiger partial charge in [-0.2, -0.15) is 5.10 Å². The van der Waals surface area contributed by atoms with E-state index in [4.69, 9.17) is 9.47 Å². The Kier molecular flexibility index (Phi) is 7.41. The van der Waals surface area contributed by atoms with Gasteiger partial charge in [-0.1, -0.05) is 58.4 Å². The van der Waals surface area contributed by atoms with Gasteiger partial charge in [-0.3, -0.25) is 4.79 Å². The fourth-order valence-electron chi connectivity index (χ4n) is 2.64. The highest BCUT2D eigenvalue weighted by Gasteiger charge is 2.13. The van der Waals surface area contributed by atoms with Gasteiger partial charge in [-0.25, -0.2) is 5.43 Å². The molecular weight excluding hydrogens is 432 g/mol. The van der Waals surface area contributed by atoms with Crippen LogP contribution < -0.4 is 14.9 Å². The van der Waals surface area contributed by atoms with E-state index in [0.717, 1.165) is 15.6 Å². The summed E-state index contributed by atoms with van der Waals surface area (Å²) in [5.41, 5.74) is 4.75. The molecule has 0 saturated heterocycles. The van der Waals surface area contributed by atoms with Gasteiger partial charge in [0.1, 0.15) is 18.1 Å². The number of amides is 1. The van der Waals surface area contributed by atoms with E-state index in [0.29, 0.717) is 30.3 Å². The number of carbonyl (C=O) groups excluding carboxylic acids is 1. The summed E-state index contributed by atoms with van der Waals surface area (Å²) in [7, 11) is 0. The molecule has 148 valence electrons. The van der Waals surface area contributed by atoms with E-state index in [1.54, 1.807) is 18.3 Å². The Hall–Kier alpha value is -3.12. The first-order chi connectivity index (χ1) is 14.2. The molecule has 5 nitrogen and oxygen atoms in total. The number of hydrazone groups is 1. The highest BCUT2D eigenvalue weighted by atomic mass is 79.9. The van der Waals surface area contributed by atoms with Crippen LogP contribution in [0.2, 0.25) is 0 Å². The van der Waals surface area contributed by atoms with Crippen LogP contribution in [0.1, 0.15) is 28.4 Å². The summed E-state index contributed by atoms with van der Waals surface area (Å²) in [4.78, 5) is 12.7. The molecule has 0 bridgehead atoms. The molecule has 3 aromatic carbocycles. The monoisotopic (exact) mass is 452 g/mol. The zero-order chi connectivity index (χ0) is 20.5. The lowest BCUT2D eigenvalue weighted by Crippen LogP contribution is -2.19. The standard InChI is InChI=1S/C23H21BrN2O3/c1-2-28-21-11-7-6-10-18(21)15-25-26-23(27)20-14-19(24)12-13-22(20)29-16-17-8-4-3-5-9-17/h3-15H,2,16H2,1H3,(H,26,27)/b25-15+. The second-order valence-corrected chi connectivity index (χ2v) is 7.00. The van der Waals surface area contributed by atoms with Crippen molar-refractivity contribution in [3.05, 3.63) is 94.0 Å². The van der Waals surface area contributed by atoms with Crippen LogP contribution in [0.4, 0.5) is 0 Å². The predicted octanol–water partition coefficient (Wildman–Crippen LogP) is 5.19. The molecule has 0 radical (unpaired) electrons. The Morgan fingerprint density at radius 1 is 1.00 bits per heavy atom. The molecule has 0 fully saturated rings. The first-order valence-corrected chi connectivity index (χ1v) is 9.98. The maximum Gasteiger partial charge on any atom is 0.275 e. The van der Waals surface area contributed by atoms with Gasteiger partial charge in [0.15, 0.2) is 0 Å². The zero-order valence-electron chi connectivity index (χ0n) is 16.0. The minimum atomic E-state index is -0.362. The Morgan fingerprint density at radius 2 is 1.76 bits per heavy atom. The van der Waals surface area contributed by atoms with Gasteiger partial charge in [0, 0.05) is 10.0 Å². The van der Waals surface area contributed by atoms with Crippen molar-refractivity contribution in [3.63, 3.8) is 0 Å². The third-order valence-electron chi connectivity index (χ3n) is 4.01. The van der Waals surface area contributed by atoms with Gasteiger partial charge in [-0.05, 0) is 42.8 Å². The van der Waals surface area contributed by atoms with Crippen LogP contribution in [0.5, 0.6) is 11.5 Å². The summed E-state index contributed by atoms with van der Waals surface area (Å²) in [5, 5.41) is 4.07. The molecular formula is C23H21BrN2O3. The Morgan fingerprint density at radius 3 is 2.55 bits per heavy atom. The number of benzene rings is 3. The third-order valence-corrected chi connectivity index (χ3v) is 4.51. The van der Waals surface area contributed by atoms with Gasteiger partial charge >= 0.3 is 0 Å². The molecule has 0 aliphatic rings. The number of nitrogens with zero attached hydrogens (tertiary/aromatic N) is 1. The Balaban J connectivity index is 1.71. The number of nitrogens with one attached hydrogen (secondary N) is 1. The van der Waals surface area contributed by atoms with Crippen LogP contribution in [-0.4, -0.2) is 18.7 Å².